The first kappa shape index (κ1) is 13.8. The first-order valence-corrected chi connectivity index (χ1v) is 6.39. The lowest BCUT2D eigenvalue weighted by molar-refractivity contribution is 0.0452. The molecular weight excluding hydrogens is 286 g/mol. The van der Waals surface area contributed by atoms with Crippen molar-refractivity contribution in [3.05, 3.63) is 29.6 Å². The summed E-state index contributed by atoms with van der Waals surface area (Å²) >= 11 is 3.08. The number of hydrogen-bond donors (Lipinski definition) is 0. The van der Waals surface area contributed by atoms with Gasteiger partial charge in [0.15, 0.2) is 5.78 Å². The van der Waals surface area contributed by atoms with Crippen molar-refractivity contribution in [2.45, 2.75) is 13.8 Å². The number of halogens is 1. The van der Waals surface area contributed by atoms with Crippen molar-refractivity contribution in [1.29, 1.82) is 0 Å². The van der Waals surface area contributed by atoms with E-state index in [1.165, 1.54) is 12.3 Å². The van der Waals surface area contributed by atoms with Gasteiger partial charge in [0.25, 0.3) is 0 Å². The first-order chi connectivity index (χ1) is 8.04. The molecule has 4 nitrogen and oxygen atoms in total. The Morgan fingerprint density at radius 1 is 1.47 bits per heavy atom. The minimum atomic E-state index is -0.497. The molecule has 0 bridgehead atoms. The zero-order chi connectivity index (χ0) is 12.8. The lowest BCUT2D eigenvalue weighted by atomic mass is 10.1. The van der Waals surface area contributed by atoms with Crippen molar-refractivity contribution in [1.82, 2.24) is 4.98 Å². The second kappa shape index (κ2) is 6.49. The predicted octanol–water partition coefficient (Wildman–Crippen LogP) is 2.47. The third-order valence-electron chi connectivity index (χ3n) is 1.96. The van der Waals surface area contributed by atoms with Crippen molar-refractivity contribution >= 4 is 27.7 Å². The number of nitrogens with zero attached hydrogens (tertiary/aromatic N) is 1. The van der Waals surface area contributed by atoms with Gasteiger partial charge in [-0.2, -0.15) is 0 Å². The molecule has 5 heteroatoms. The Kier molecular flexibility index (Phi) is 5.28. The molecule has 0 saturated heterocycles. The molecule has 0 aliphatic rings. The van der Waals surface area contributed by atoms with Gasteiger partial charge in [-0.15, -0.1) is 0 Å². The summed E-state index contributed by atoms with van der Waals surface area (Å²) in [5.41, 5.74) is 0.617. The number of carbonyl (C=O) groups excluding carboxylic acids is 2. The summed E-state index contributed by atoms with van der Waals surface area (Å²) < 4.78 is 5.03. The van der Waals surface area contributed by atoms with Gasteiger partial charge in [0.1, 0.15) is 5.69 Å². The molecule has 1 aromatic heterocycles. The van der Waals surface area contributed by atoms with Crippen LogP contribution in [-0.4, -0.2) is 28.7 Å². The summed E-state index contributed by atoms with van der Waals surface area (Å²) in [7, 11) is 0. The Bertz CT molecular complexity index is 418. The molecule has 0 atom stereocenters. The lowest BCUT2D eigenvalue weighted by Crippen LogP contribution is -2.12. The van der Waals surface area contributed by atoms with Gasteiger partial charge >= 0.3 is 5.97 Å². The SMILES string of the molecule is CC(C)COC(=O)c1cc(C(=O)CBr)ccn1. The highest BCUT2D eigenvalue weighted by atomic mass is 79.9. The van der Waals surface area contributed by atoms with E-state index in [1.807, 2.05) is 13.8 Å². The topological polar surface area (TPSA) is 56.3 Å². The van der Waals surface area contributed by atoms with E-state index >= 15 is 0 Å². The molecule has 0 amide bonds. The molecule has 0 spiro atoms. The van der Waals surface area contributed by atoms with Gasteiger partial charge in [-0.25, -0.2) is 9.78 Å². The summed E-state index contributed by atoms with van der Waals surface area (Å²) in [5, 5.41) is 0.220. The second-order valence-corrected chi connectivity index (χ2v) is 4.54. The summed E-state index contributed by atoms with van der Waals surface area (Å²) in [6.45, 7) is 4.24. The minimum Gasteiger partial charge on any atom is -0.461 e. The van der Waals surface area contributed by atoms with Gasteiger partial charge in [-0.3, -0.25) is 4.79 Å². The van der Waals surface area contributed by atoms with E-state index in [2.05, 4.69) is 20.9 Å². The zero-order valence-electron chi connectivity index (χ0n) is 9.77. The molecule has 1 heterocycles. The molecule has 1 rings (SSSR count). The molecule has 1 aromatic rings. The third kappa shape index (κ3) is 4.26. The highest BCUT2D eigenvalue weighted by Gasteiger charge is 2.12. The number of Topliss-reactive ketones (excluding diaryl/α,β-unsaturated/α-hetero) is 1. The number of esters is 1. The van der Waals surface area contributed by atoms with E-state index in [-0.39, 0.29) is 22.7 Å². The van der Waals surface area contributed by atoms with E-state index in [1.54, 1.807) is 6.07 Å². The maximum Gasteiger partial charge on any atom is 0.356 e. The number of hydrogen-bond acceptors (Lipinski definition) is 4. The summed E-state index contributed by atoms with van der Waals surface area (Å²) in [6.07, 6.45) is 1.43. The Hall–Kier alpha value is -1.23. The number of ether oxygens (including phenoxy) is 1. The molecule has 0 aromatic carbocycles. The average molecular weight is 300 g/mol. The van der Waals surface area contributed by atoms with Crippen LogP contribution in [0.4, 0.5) is 0 Å². The molecular formula is C12H14BrNO3. The van der Waals surface area contributed by atoms with Gasteiger partial charge in [0.05, 0.1) is 11.9 Å². The number of aromatic nitrogens is 1. The Morgan fingerprint density at radius 2 is 2.18 bits per heavy atom. The van der Waals surface area contributed by atoms with E-state index in [0.29, 0.717) is 12.2 Å². The van der Waals surface area contributed by atoms with Crippen LogP contribution in [-0.2, 0) is 4.74 Å². The van der Waals surface area contributed by atoms with Crippen LogP contribution in [0.15, 0.2) is 18.3 Å². The van der Waals surface area contributed by atoms with E-state index < -0.39 is 5.97 Å². The standard InChI is InChI=1S/C12H14BrNO3/c1-8(2)7-17-12(16)10-5-9(3-4-14-10)11(15)6-13/h3-5,8H,6-7H2,1-2H3. The number of ketones is 1. The largest absolute Gasteiger partial charge is 0.461 e. The maximum atomic E-state index is 11.6. The van der Waals surface area contributed by atoms with Crippen LogP contribution < -0.4 is 0 Å². The van der Waals surface area contributed by atoms with Gasteiger partial charge in [-0.05, 0) is 18.1 Å². The Balaban J connectivity index is 2.77. The van der Waals surface area contributed by atoms with Crippen LogP contribution in [0.5, 0.6) is 0 Å². The molecule has 0 N–H and O–H groups in total. The highest BCUT2D eigenvalue weighted by molar-refractivity contribution is 9.09. The molecule has 0 aliphatic carbocycles. The first-order valence-electron chi connectivity index (χ1n) is 5.27. The predicted molar refractivity (Wildman–Crippen MR) is 67.5 cm³/mol. The van der Waals surface area contributed by atoms with Crippen LogP contribution in [0.25, 0.3) is 0 Å². The van der Waals surface area contributed by atoms with E-state index in [4.69, 9.17) is 4.74 Å². The van der Waals surface area contributed by atoms with Crippen molar-refractivity contribution in [2.24, 2.45) is 5.92 Å². The average Bonchev–Trinajstić information content (AvgIpc) is 2.35. The molecule has 17 heavy (non-hydrogen) atoms. The van der Waals surface area contributed by atoms with Crippen LogP contribution in [0.3, 0.4) is 0 Å². The van der Waals surface area contributed by atoms with E-state index in [9.17, 15) is 9.59 Å². The Morgan fingerprint density at radius 3 is 2.76 bits per heavy atom. The van der Waals surface area contributed by atoms with Crippen molar-refractivity contribution in [2.75, 3.05) is 11.9 Å². The minimum absolute atomic E-state index is 0.0923. The van der Waals surface area contributed by atoms with Crippen LogP contribution in [0, 0.1) is 5.92 Å². The van der Waals surface area contributed by atoms with Crippen molar-refractivity contribution in [3.63, 3.8) is 0 Å². The molecule has 0 saturated carbocycles. The zero-order valence-corrected chi connectivity index (χ0v) is 11.4. The monoisotopic (exact) mass is 299 g/mol. The van der Waals surface area contributed by atoms with Gasteiger partial charge in [-0.1, -0.05) is 29.8 Å². The molecule has 0 unspecified atom stereocenters. The van der Waals surface area contributed by atoms with Crippen LogP contribution in [0.1, 0.15) is 34.7 Å². The van der Waals surface area contributed by atoms with Gasteiger partial charge in [0, 0.05) is 11.8 Å². The molecule has 0 fully saturated rings. The van der Waals surface area contributed by atoms with E-state index in [0.717, 1.165) is 0 Å². The molecule has 92 valence electrons. The van der Waals surface area contributed by atoms with Crippen molar-refractivity contribution in [3.8, 4) is 0 Å². The molecule has 0 aliphatic heterocycles. The smallest absolute Gasteiger partial charge is 0.356 e. The summed E-state index contributed by atoms with van der Waals surface area (Å²) in [6, 6.07) is 3.02. The van der Waals surface area contributed by atoms with Crippen molar-refractivity contribution < 1.29 is 14.3 Å². The second-order valence-electron chi connectivity index (χ2n) is 3.98. The Labute approximate surface area is 109 Å². The fraction of sp³-hybridized carbons (Fsp3) is 0.417. The number of carbonyl (C=O) groups is 2. The fourth-order valence-electron chi connectivity index (χ4n) is 1.11. The van der Waals surface area contributed by atoms with Gasteiger partial charge < -0.3 is 4.74 Å². The maximum absolute atomic E-state index is 11.6. The van der Waals surface area contributed by atoms with Gasteiger partial charge in [0.2, 0.25) is 0 Å². The number of rotatable bonds is 5. The quantitative estimate of drug-likeness (QED) is 0.476. The van der Waals surface area contributed by atoms with Crippen LogP contribution >= 0.6 is 15.9 Å². The summed E-state index contributed by atoms with van der Waals surface area (Å²) in [5.74, 6) is -0.320. The highest BCUT2D eigenvalue weighted by Crippen LogP contribution is 2.07. The normalized spacial score (nSPS) is 10.4. The number of alkyl halides is 1. The molecule has 0 radical (unpaired) electrons. The fourth-order valence-corrected chi connectivity index (χ4v) is 1.43. The van der Waals surface area contributed by atoms with Crippen LogP contribution in [0.2, 0.25) is 0 Å². The lowest BCUT2D eigenvalue weighted by Gasteiger charge is -2.07. The third-order valence-corrected chi connectivity index (χ3v) is 2.47. The number of pyridine rings is 1. The summed E-state index contributed by atoms with van der Waals surface area (Å²) in [4.78, 5) is 26.9.